The van der Waals surface area contributed by atoms with E-state index in [4.69, 9.17) is 14.2 Å². The lowest BCUT2D eigenvalue weighted by Crippen LogP contribution is -2.30. The third-order valence-corrected chi connectivity index (χ3v) is 14.9. The topological polar surface area (TPSA) is 78.9 Å². The molecule has 0 N–H and O–H groups in total. The maximum Gasteiger partial charge on any atom is 0.306 e. The van der Waals surface area contributed by atoms with Crippen LogP contribution in [0.2, 0.25) is 0 Å². The first-order chi connectivity index (χ1) is 36.5. The first kappa shape index (κ1) is 71.6. The number of ether oxygens (including phenoxy) is 3. The molecule has 0 saturated carbocycles. The number of rotatable bonds is 61. The molecule has 0 aromatic rings. The predicted molar refractivity (Wildman–Crippen MR) is 321 cm³/mol. The zero-order valence-corrected chi connectivity index (χ0v) is 49.9. The van der Waals surface area contributed by atoms with Crippen LogP contribution < -0.4 is 0 Å². The van der Waals surface area contributed by atoms with E-state index in [2.05, 4.69) is 57.2 Å². The molecule has 0 radical (unpaired) electrons. The van der Waals surface area contributed by atoms with Gasteiger partial charge < -0.3 is 14.2 Å². The molecule has 0 saturated heterocycles. The van der Waals surface area contributed by atoms with Gasteiger partial charge in [-0.15, -0.1) is 0 Å². The van der Waals surface area contributed by atoms with Crippen LogP contribution >= 0.6 is 0 Å². The summed E-state index contributed by atoms with van der Waals surface area (Å²) in [6.45, 7) is 6.55. The van der Waals surface area contributed by atoms with Crippen LogP contribution in [0.5, 0.6) is 0 Å². The molecule has 1 atom stereocenters. The summed E-state index contributed by atoms with van der Waals surface area (Å²) in [5, 5.41) is 0. The van der Waals surface area contributed by atoms with E-state index in [1.165, 1.54) is 238 Å². The number of hydrogen-bond donors (Lipinski definition) is 0. The fourth-order valence-electron chi connectivity index (χ4n) is 9.99. The molecule has 0 rings (SSSR count). The van der Waals surface area contributed by atoms with E-state index in [1.807, 2.05) is 0 Å². The zero-order valence-electron chi connectivity index (χ0n) is 49.9. The van der Waals surface area contributed by atoms with Gasteiger partial charge in [-0.3, -0.25) is 14.4 Å². The number of allylic oxidation sites excluding steroid dienone is 6. The van der Waals surface area contributed by atoms with Crippen LogP contribution in [0.3, 0.4) is 0 Å². The second-order valence-electron chi connectivity index (χ2n) is 22.4. The second-order valence-corrected chi connectivity index (χ2v) is 22.4. The SMILES string of the molecule is CC/C=C\C/C=C\C/C=C\CCCCCC(=O)OC(COC(=O)CCCCCCCCCCCCC)COC(=O)CCCCCCCCCCCCCCCCCCCCCCCCCCCCCCCCCC. The van der Waals surface area contributed by atoms with Gasteiger partial charge >= 0.3 is 17.9 Å². The van der Waals surface area contributed by atoms with Gasteiger partial charge in [-0.25, -0.2) is 0 Å². The summed E-state index contributed by atoms with van der Waals surface area (Å²) in [4.78, 5) is 38.1. The standard InChI is InChI=1S/C68H126O6/c1-4-7-10-13-16-19-22-24-25-26-27-28-29-30-31-32-33-34-35-36-37-38-39-40-41-42-44-46-49-52-55-58-61-67(70)73-64-65(63-72-66(69)60-57-54-51-48-45-21-18-15-12-9-6-3)74-68(71)62-59-56-53-50-47-43-23-20-17-14-11-8-5-2/h8,11,17,20,43,47,65H,4-7,9-10,12-16,18-19,21-42,44-46,48-64H2,1-3H3/b11-8-,20-17-,47-43-. The Balaban J connectivity index is 4.03. The minimum Gasteiger partial charge on any atom is -0.462 e. The summed E-state index contributed by atoms with van der Waals surface area (Å²) in [5.41, 5.74) is 0. The Bertz CT molecular complexity index is 1240. The highest BCUT2D eigenvalue weighted by atomic mass is 16.6. The molecule has 434 valence electrons. The Morgan fingerprint density at radius 1 is 0.284 bits per heavy atom. The van der Waals surface area contributed by atoms with E-state index >= 15 is 0 Å². The quantitative estimate of drug-likeness (QED) is 0.0261. The van der Waals surface area contributed by atoms with E-state index in [-0.39, 0.29) is 31.1 Å². The molecule has 1 unspecified atom stereocenters. The maximum absolute atomic E-state index is 12.8. The summed E-state index contributed by atoms with van der Waals surface area (Å²) in [6, 6.07) is 0. The van der Waals surface area contributed by atoms with E-state index < -0.39 is 6.10 Å². The van der Waals surface area contributed by atoms with Crippen LogP contribution in [0.15, 0.2) is 36.5 Å². The van der Waals surface area contributed by atoms with Gasteiger partial charge in [-0.1, -0.05) is 327 Å². The van der Waals surface area contributed by atoms with Gasteiger partial charge in [0.05, 0.1) is 0 Å². The van der Waals surface area contributed by atoms with Crippen molar-refractivity contribution in [2.75, 3.05) is 13.2 Å². The Labute approximate surface area is 461 Å². The van der Waals surface area contributed by atoms with Crippen molar-refractivity contribution in [2.45, 2.75) is 367 Å². The molecule has 0 aliphatic carbocycles. The number of esters is 3. The molecular formula is C68H126O6. The van der Waals surface area contributed by atoms with E-state index in [9.17, 15) is 14.4 Å². The van der Waals surface area contributed by atoms with Crippen LogP contribution in [-0.2, 0) is 28.6 Å². The average molecular weight is 1040 g/mol. The van der Waals surface area contributed by atoms with E-state index in [0.29, 0.717) is 19.3 Å². The van der Waals surface area contributed by atoms with Crippen molar-refractivity contribution >= 4 is 17.9 Å². The van der Waals surface area contributed by atoms with Crippen LogP contribution in [-0.4, -0.2) is 37.2 Å². The molecule has 0 spiro atoms. The van der Waals surface area contributed by atoms with Gasteiger partial charge in [-0.05, 0) is 51.4 Å². The third-order valence-electron chi connectivity index (χ3n) is 14.9. The van der Waals surface area contributed by atoms with Crippen molar-refractivity contribution in [2.24, 2.45) is 0 Å². The van der Waals surface area contributed by atoms with E-state index in [1.54, 1.807) is 0 Å². The summed E-state index contributed by atoms with van der Waals surface area (Å²) >= 11 is 0. The fraction of sp³-hybridized carbons (Fsp3) is 0.868. The minimum absolute atomic E-state index is 0.0793. The Morgan fingerprint density at radius 3 is 0.824 bits per heavy atom. The highest BCUT2D eigenvalue weighted by Gasteiger charge is 2.19. The molecular weight excluding hydrogens is 913 g/mol. The van der Waals surface area contributed by atoms with Gasteiger partial charge in [0.2, 0.25) is 0 Å². The van der Waals surface area contributed by atoms with Crippen LogP contribution in [0.1, 0.15) is 361 Å². The first-order valence-corrected chi connectivity index (χ1v) is 33.0. The zero-order chi connectivity index (χ0) is 53.6. The largest absolute Gasteiger partial charge is 0.462 e. The van der Waals surface area contributed by atoms with Gasteiger partial charge in [0, 0.05) is 19.3 Å². The lowest BCUT2D eigenvalue weighted by Gasteiger charge is -2.18. The van der Waals surface area contributed by atoms with Crippen molar-refractivity contribution in [3.8, 4) is 0 Å². The molecule has 6 heteroatoms. The van der Waals surface area contributed by atoms with Crippen molar-refractivity contribution in [1.29, 1.82) is 0 Å². The molecule has 0 bridgehead atoms. The number of unbranched alkanes of at least 4 members (excludes halogenated alkanes) is 44. The second kappa shape index (κ2) is 63.2. The number of hydrogen-bond acceptors (Lipinski definition) is 6. The summed E-state index contributed by atoms with van der Waals surface area (Å²) in [6.07, 6.45) is 77.7. The molecule has 0 amide bonds. The predicted octanol–water partition coefficient (Wildman–Crippen LogP) is 22.4. The Morgan fingerprint density at radius 2 is 0.527 bits per heavy atom. The maximum atomic E-state index is 12.8. The van der Waals surface area contributed by atoms with E-state index in [0.717, 1.165) is 83.5 Å². The number of carbonyl (C=O) groups excluding carboxylic acids is 3. The molecule has 0 aliphatic heterocycles. The smallest absolute Gasteiger partial charge is 0.306 e. The molecule has 0 aliphatic rings. The highest BCUT2D eigenvalue weighted by Crippen LogP contribution is 2.18. The lowest BCUT2D eigenvalue weighted by atomic mass is 10.0. The van der Waals surface area contributed by atoms with Crippen LogP contribution in [0.25, 0.3) is 0 Å². The summed E-state index contributed by atoms with van der Waals surface area (Å²) in [5.74, 6) is -0.890. The first-order valence-electron chi connectivity index (χ1n) is 33.0. The molecule has 0 heterocycles. The summed E-state index contributed by atoms with van der Waals surface area (Å²) < 4.78 is 16.9. The fourth-order valence-corrected chi connectivity index (χ4v) is 9.99. The van der Waals surface area contributed by atoms with Gasteiger partial charge in [0.15, 0.2) is 6.10 Å². The van der Waals surface area contributed by atoms with Gasteiger partial charge in [-0.2, -0.15) is 0 Å². The number of carbonyl (C=O) groups is 3. The highest BCUT2D eigenvalue weighted by molar-refractivity contribution is 5.71. The molecule has 74 heavy (non-hydrogen) atoms. The normalized spacial score (nSPS) is 12.2. The van der Waals surface area contributed by atoms with Crippen LogP contribution in [0.4, 0.5) is 0 Å². The van der Waals surface area contributed by atoms with Crippen molar-refractivity contribution in [3.63, 3.8) is 0 Å². The van der Waals surface area contributed by atoms with Crippen molar-refractivity contribution in [1.82, 2.24) is 0 Å². The summed E-state index contributed by atoms with van der Waals surface area (Å²) in [7, 11) is 0. The molecule has 6 nitrogen and oxygen atoms in total. The van der Waals surface area contributed by atoms with Crippen molar-refractivity contribution < 1.29 is 28.6 Å². The van der Waals surface area contributed by atoms with Gasteiger partial charge in [0.1, 0.15) is 13.2 Å². The Kier molecular flexibility index (Phi) is 61.1. The van der Waals surface area contributed by atoms with Crippen molar-refractivity contribution in [3.05, 3.63) is 36.5 Å². The lowest BCUT2D eigenvalue weighted by molar-refractivity contribution is -0.167. The Hall–Kier alpha value is -2.37. The van der Waals surface area contributed by atoms with Gasteiger partial charge in [0.25, 0.3) is 0 Å². The van der Waals surface area contributed by atoms with Crippen LogP contribution in [0, 0.1) is 0 Å². The third kappa shape index (κ3) is 60.5. The molecule has 0 fully saturated rings. The molecule has 0 aromatic heterocycles. The average Bonchev–Trinajstić information content (AvgIpc) is 3.40. The minimum atomic E-state index is -0.783. The molecule has 0 aromatic carbocycles. The monoisotopic (exact) mass is 1040 g/mol.